The molecule has 1 aliphatic carbocycles. The van der Waals surface area contributed by atoms with Crippen LogP contribution in [0.15, 0.2) is 23.4 Å². The molecule has 0 saturated heterocycles. The van der Waals surface area contributed by atoms with Gasteiger partial charge in [-0.15, -0.1) is 10.2 Å². The summed E-state index contributed by atoms with van der Waals surface area (Å²) in [5.41, 5.74) is 0.985. The molecule has 0 spiro atoms. The monoisotopic (exact) mass is 422 g/mol. The van der Waals surface area contributed by atoms with Crippen LogP contribution in [0.25, 0.3) is 0 Å². The quantitative estimate of drug-likeness (QED) is 0.663. The lowest BCUT2D eigenvalue weighted by molar-refractivity contribution is -0.119. The predicted molar refractivity (Wildman–Crippen MR) is 112 cm³/mol. The fourth-order valence-electron chi connectivity index (χ4n) is 3.52. The first-order valence-electron chi connectivity index (χ1n) is 9.70. The van der Waals surface area contributed by atoms with Crippen molar-refractivity contribution in [2.45, 2.75) is 69.0 Å². The maximum Gasteiger partial charge on any atom is 0.233 e. The van der Waals surface area contributed by atoms with Crippen molar-refractivity contribution in [2.24, 2.45) is 0 Å². The summed E-state index contributed by atoms with van der Waals surface area (Å²) in [7, 11) is 1.65. The first-order chi connectivity index (χ1) is 13.5. The van der Waals surface area contributed by atoms with Crippen LogP contribution >= 0.6 is 23.4 Å². The summed E-state index contributed by atoms with van der Waals surface area (Å²) in [5.74, 6) is 1.57. The van der Waals surface area contributed by atoms with Crippen molar-refractivity contribution in [1.82, 2.24) is 20.1 Å². The van der Waals surface area contributed by atoms with E-state index < -0.39 is 0 Å². The molecule has 1 fully saturated rings. The molecule has 1 aromatic heterocycles. The lowest BCUT2D eigenvalue weighted by Gasteiger charge is -2.26. The highest BCUT2D eigenvalue weighted by Crippen LogP contribution is 2.34. The Bertz CT molecular complexity index is 821. The molecule has 28 heavy (non-hydrogen) atoms. The topological polar surface area (TPSA) is 69.0 Å². The average Bonchev–Trinajstić information content (AvgIpc) is 3.09. The largest absolute Gasteiger partial charge is 0.485 e. The van der Waals surface area contributed by atoms with E-state index >= 15 is 0 Å². The molecule has 1 unspecified atom stereocenters. The highest BCUT2D eigenvalue weighted by Gasteiger charge is 2.25. The number of hydrogen-bond donors (Lipinski definition) is 1. The predicted octanol–water partition coefficient (Wildman–Crippen LogP) is 4.55. The zero-order valence-electron chi connectivity index (χ0n) is 16.6. The molecule has 1 aliphatic rings. The minimum Gasteiger partial charge on any atom is -0.485 e. The maximum atomic E-state index is 12.0. The molecule has 3 rings (SSSR count). The normalized spacial score (nSPS) is 16.0. The summed E-state index contributed by atoms with van der Waals surface area (Å²) < 4.78 is 8.21. The molecule has 0 aliphatic heterocycles. The number of rotatable bonds is 7. The third kappa shape index (κ3) is 5.00. The second-order valence-electron chi connectivity index (χ2n) is 7.13. The zero-order chi connectivity index (χ0) is 20.1. The van der Waals surface area contributed by atoms with Gasteiger partial charge in [0, 0.05) is 18.1 Å². The lowest BCUT2D eigenvalue weighted by Crippen LogP contribution is -2.28. The molecule has 152 valence electrons. The van der Waals surface area contributed by atoms with Gasteiger partial charge in [0.15, 0.2) is 11.0 Å². The number of aryl methyl sites for hydroxylation is 1. The Kier molecular flexibility index (Phi) is 7.24. The number of nitrogens with one attached hydrogen (secondary N) is 1. The summed E-state index contributed by atoms with van der Waals surface area (Å²) in [6.45, 7) is 4.19. The van der Waals surface area contributed by atoms with Crippen LogP contribution in [-0.2, 0) is 11.4 Å². The molecule has 8 heteroatoms. The van der Waals surface area contributed by atoms with E-state index in [2.05, 4.69) is 20.1 Å². The summed E-state index contributed by atoms with van der Waals surface area (Å²) in [4.78, 5) is 12.0. The van der Waals surface area contributed by atoms with E-state index in [9.17, 15) is 4.79 Å². The van der Waals surface area contributed by atoms with E-state index in [0.717, 1.165) is 35.1 Å². The third-order valence-electron chi connectivity index (χ3n) is 5.07. The van der Waals surface area contributed by atoms with Crippen molar-refractivity contribution in [3.63, 3.8) is 0 Å². The number of benzene rings is 1. The summed E-state index contributed by atoms with van der Waals surface area (Å²) in [5, 5.41) is 12.7. The van der Waals surface area contributed by atoms with Gasteiger partial charge in [-0.25, -0.2) is 0 Å². The highest BCUT2D eigenvalue weighted by atomic mass is 35.5. The van der Waals surface area contributed by atoms with Gasteiger partial charge in [-0.1, -0.05) is 42.6 Å². The first-order valence-corrected chi connectivity index (χ1v) is 11.0. The van der Waals surface area contributed by atoms with Crippen LogP contribution in [0.2, 0.25) is 5.02 Å². The van der Waals surface area contributed by atoms with Crippen molar-refractivity contribution >= 4 is 29.3 Å². The van der Waals surface area contributed by atoms with E-state index in [4.69, 9.17) is 16.3 Å². The number of amides is 1. The number of nitrogens with zero attached hydrogens (tertiary/aromatic N) is 3. The molecule has 1 aromatic carbocycles. The van der Waals surface area contributed by atoms with Gasteiger partial charge in [-0.3, -0.25) is 9.36 Å². The molecule has 1 amide bonds. The summed E-state index contributed by atoms with van der Waals surface area (Å²) in [6, 6.07) is 5.94. The van der Waals surface area contributed by atoms with Crippen LogP contribution in [0.5, 0.6) is 5.75 Å². The fourth-order valence-corrected chi connectivity index (χ4v) is 4.75. The van der Waals surface area contributed by atoms with E-state index in [0.29, 0.717) is 17.7 Å². The minimum atomic E-state index is -0.233. The fraction of sp³-hybridized carbons (Fsp3) is 0.550. The van der Waals surface area contributed by atoms with Gasteiger partial charge < -0.3 is 10.1 Å². The van der Waals surface area contributed by atoms with Crippen molar-refractivity contribution in [2.75, 3.05) is 7.05 Å². The van der Waals surface area contributed by atoms with Crippen molar-refractivity contribution in [1.29, 1.82) is 0 Å². The number of carbonyl (C=O) groups is 1. The van der Waals surface area contributed by atoms with Gasteiger partial charge in [-0.2, -0.15) is 0 Å². The Morgan fingerprint density at radius 1 is 1.36 bits per heavy atom. The molecule has 1 atom stereocenters. The molecule has 0 radical (unpaired) electrons. The maximum absolute atomic E-state index is 12.0. The van der Waals surface area contributed by atoms with Crippen LogP contribution in [0.3, 0.4) is 0 Å². The lowest BCUT2D eigenvalue weighted by atomic mass is 9.95. The Morgan fingerprint density at radius 2 is 2.11 bits per heavy atom. The van der Waals surface area contributed by atoms with Crippen LogP contribution < -0.4 is 10.1 Å². The second kappa shape index (κ2) is 9.65. The smallest absolute Gasteiger partial charge is 0.233 e. The van der Waals surface area contributed by atoms with Gasteiger partial charge in [0.1, 0.15) is 12.4 Å². The Labute approximate surface area is 175 Å². The number of carbonyl (C=O) groups excluding carboxylic acids is 1. The Balaban J connectivity index is 1.82. The minimum absolute atomic E-state index is 0.0159. The first kappa shape index (κ1) is 21.0. The molecule has 2 aromatic rings. The SMILES string of the molecule is CNC(=O)C(C)Sc1nnc(COc2ccc(Cl)cc2C)n1C1CCCCC1. The molecule has 0 bridgehead atoms. The van der Waals surface area contributed by atoms with Gasteiger partial charge in [-0.05, 0) is 50.5 Å². The number of hydrogen-bond acceptors (Lipinski definition) is 5. The molecular weight excluding hydrogens is 396 g/mol. The van der Waals surface area contributed by atoms with Gasteiger partial charge in [0.05, 0.1) is 5.25 Å². The molecular formula is C20H27ClN4O2S. The summed E-state index contributed by atoms with van der Waals surface area (Å²) in [6.07, 6.45) is 5.88. The molecule has 6 nitrogen and oxygen atoms in total. The molecule has 1 N–H and O–H groups in total. The van der Waals surface area contributed by atoms with E-state index in [-0.39, 0.29) is 11.2 Å². The number of thioether (sulfide) groups is 1. The Morgan fingerprint density at radius 3 is 2.79 bits per heavy atom. The number of halogens is 1. The van der Waals surface area contributed by atoms with E-state index in [1.807, 2.05) is 32.0 Å². The zero-order valence-corrected chi connectivity index (χ0v) is 18.1. The highest BCUT2D eigenvalue weighted by molar-refractivity contribution is 8.00. The standard InChI is InChI=1S/C20H27ClN4O2S/c1-13-11-15(21)9-10-17(13)27-12-18-23-24-20(28-14(2)19(26)22-3)25(18)16-7-5-4-6-8-16/h9-11,14,16H,4-8,12H2,1-3H3,(H,22,26). The molecule has 1 heterocycles. The van der Waals surface area contributed by atoms with Gasteiger partial charge >= 0.3 is 0 Å². The van der Waals surface area contributed by atoms with Crippen molar-refractivity contribution < 1.29 is 9.53 Å². The number of ether oxygens (including phenoxy) is 1. The second-order valence-corrected chi connectivity index (χ2v) is 8.88. The van der Waals surface area contributed by atoms with Gasteiger partial charge in [0.2, 0.25) is 5.91 Å². The van der Waals surface area contributed by atoms with Crippen LogP contribution in [-0.4, -0.2) is 33.0 Å². The average molecular weight is 423 g/mol. The Hall–Kier alpha value is -1.73. The van der Waals surface area contributed by atoms with Gasteiger partial charge in [0.25, 0.3) is 0 Å². The van der Waals surface area contributed by atoms with Crippen LogP contribution in [0.1, 0.15) is 56.5 Å². The van der Waals surface area contributed by atoms with E-state index in [1.165, 1.54) is 31.0 Å². The summed E-state index contributed by atoms with van der Waals surface area (Å²) >= 11 is 7.48. The van der Waals surface area contributed by atoms with Crippen molar-refractivity contribution in [3.8, 4) is 5.75 Å². The van der Waals surface area contributed by atoms with E-state index in [1.54, 1.807) is 7.05 Å². The van der Waals surface area contributed by atoms with Crippen LogP contribution in [0.4, 0.5) is 0 Å². The molecule has 1 saturated carbocycles. The third-order valence-corrected chi connectivity index (χ3v) is 6.36. The van der Waals surface area contributed by atoms with Crippen LogP contribution in [0, 0.1) is 6.92 Å². The number of aromatic nitrogens is 3. The van der Waals surface area contributed by atoms with Crippen molar-refractivity contribution in [3.05, 3.63) is 34.6 Å².